The summed E-state index contributed by atoms with van der Waals surface area (Å²) in [6.45, 7) is 0. The molecule has 0 fully saturated rings. The number of carbonyl (C=O) groups is 1. The second-order valence-corrected chi connectivity index (χ2v) is 5.65. The summed E-state index contributed by atoms with van der Waals surface area (Å²) in [6, 6.07) is 7.39. The largest absolute Gasteiger partial charge is 0.454 e. The first-order valence-corrected chi connectivity index (χ1v) is 7.78. The maximum atomic E-state index is 12.7. The number of anilines is 1. The normalized spacial score (nSPS) is 11.1. The fourth-order valence-electron chi connectivity index (χ4n) is 2.08. The number of alkyl halides is 3. The molecule has 0 aliphatic rings. The Balaban J connectivity index is 1.81. The van der Waals surface area contributed by atoms with Crippen molar-refractivity contribution in [2.75, 3.05) is 5.32 Å². The molecule has 0 atom stereocenters. The number of hydrogen-bond acceptors (Lipinski definition) is 5. The van der Waals surface area contributed by atoms with Crippen molar-refractivity contribution in [3.05, 3.63) is 71.4 Å². The Labute approximate surface area is 156 Å². The molecule has 27 heavy (non-hydrogen) atoms. The van der Waals surface area contributed by atoms with Crippen LogP contribution in [0.2, 0.25) is 5.02 Å². The SMILES string of the molecule is O=C(Nc1cccc(C(F)(F)F)n1)c1cc(Cl)cc(Oc2cncnc2)c1. The third-order valence-corrected chi connectivity index (χ3v) is 3.41. The lowest BCUT2D eigenvalue weighted by Crippen LogP contribution is -2.15. The zero-order valence-electron chi connectivity index (χ0n) is 13.4. The number of pyridine rings is 1. The van der Waals surface area contributed by atoms with Gasteiger partial charge >= 0.3 is 6.18 Å². The molecule has 1 N–H and O–H groups in total. The van der Waals surface area contributed by atoms with E-state index in [2.05, 4.69) is 20.3 Å². The number of aromatic nitrogens is 3. The Hall–Kier alpha value is -3.20. The molecule has 0 aliphatic carbocycles. The summed E-state index contributed by atoms with van der Waals surface area (Å²) >= 11 is 5.99. The first-order valence-electron chi connectivity index (χ1n) is 7.40. The average molecular weight is 395 g/mol. The van der Waals surface area contributed by atoms with Gasteiger partial charge in [0, 0.05) is 10.6 Å². The zero-order valence-corrected chi connectivity index (χ0v) is 14.1. The molecule has 3 aromatic rings. The lowest BCUT2D eigenvalue weighted by atomic mass is 10.2. The highest BCUT2D eigenvalue weighted by Gasteiger charge is 2.32. The van der Waals surface area contributed by atoms with Crippen molar-refractivity contribution >= 4 is 23.3 Å². The summed E-state index contributed by atoms with van der Waals surface area (Å²) < 4.78 is 43.7. The molecule has 2 aromatic heterocycles. The van der Waals surface area contributed by atoms with Gasteiger partial charge in [-0.3, -0.25) is 4.79 Å². The van der Waals surface area contributed by atoms with Crippen LogP contribution in [-0.2, 0) is 6.18 Å². The molecule has 1 aromatic carbocycles. The molecule has 0 saturated heterocycles. The first kappa shape index (κ1) is 18.6. The van der Waals surface area contributed by atoms with Gasteiger partial charge in [-0.05, 0) is 30.3 Å². The number of nitrogens with one attached hydrogen (secondary N) is 1. The molecule has 0 saturated carbocycles. The van der Waals surface area contributed by atoms with E-state index in [9.17, 15) is 18.0 Å². The van der Waals surface area contributed by atoms with Gasteiger partial charge in [0.15, 0.2) is 5.75 Å². The van der Waals surface area contributed by atoms with E-state index in [1.54, 1.807) is 0 Å². The molecule has 0 aliphatic heterocycles. The Morgan fingerprint density at radius 1 is 1.07 bits per heavy atom. The Morgan fingerprint density at radius 2 is 1.81 bits per heavy atom. The van der Waals surface area contributed by atoms with Crippen LogP contribution in [0.25, 0.3) is 0 Å². The molecule has 1 amide bonds. The Bertz CT molecular complexity index is 968. The summed E-state index contributed by atoms with van der Waals surface area (Å²) in [6.07, 6.45) is -0.457. The van der Waals surface area contributed by atoms with Gasteiger partial charge in [-0.1, -0.05) is 17.7 Å². The van der Waals surface area contributed by atoms with Crippen molar-refractivity contribution in [2.24, 2.45) is 0 Å². The average Bonchev–Trinajstić information content (AvgIpc) is 2.61. The third-order valence-electron chi connectivity index (χ3n) is 3.19. The number of carbonyl (C=O) groups excluding carboxylic acids is 1. The molecular formula is C17H10ClF3N4O2. The predicted octanol–water partition coefficient (Wildman–Crippen LogP) is 4.59. The van der Waals surface area contributed by atoms with Crippen LogP contribution < -0.4 is 10.1 Å². The van der Waals surface area contributed by atoms with E-state index in [1.165, 1.54) is 43.0 Å². The molecule has 2 heterocycles. The van der Waals surface area contributed by atoms with Crippen molar-refractivity contribution in [1.29, 1.82) is 0 Å². The van der Waals surface area contributed by atoms with Crippen LogP contribution in [0.3, 0.4) is 0 Å². The van der Waals surface area contributed by atoms with Crippen LogP contribution in [-0.4, -0.2) is 20.9 Å². The van der Waals surface area contributed by atoms with Gasteiger partial charge in [-0.2, -0.15) is 13.2 Å². The maximum Gasteiger partial charge on any atom is 0.433 e. The number of hydrogen-bond donors (Lipinski definition) is 1. The number of nitrogens with zero attached hydrogens (tertiary/aromatic N) is 3. The van der Waals surface area contributed by atoms with E-state index in [1.807, 2.05) is 0 Å². The molecule has 0 spiro atoms. The van der Waals surface area contributed by atoms with Crippen LogP contribution in [0.15, 0.2) is 55.1 Å². The summed E-state index contributed by atoms with van der Waals surface area (Å²) in [5, 5.41) is 2.50. The van der Waals surface area contributed by atoms with E-state index in [0.29, 0.717) is 5.75 Å². The number of rotatable bonds is 4. The first-order chi connectivity index (χ1) is 12.8. The smallest absolute Gasteiger partial charge is 0.433 e. The van der Waals surface area contributed by atoms with Crippen molar-refractivity contribution < 1.29 is 22.7 Å². The summed E-state index contributed by atoms with van der Waals surface area (Å²) in [4.78, 5) is 23.3. The van der Waals surface area contributed by atoms with Gasteiger partial charge in [0.05, 0.1) is 12.4 Å². The van der Waals surface area contributed by atoms with E-state index >= 15 is 0 Å². The minimum Gasteiger partial charge on any atom is -0.454 e. The molecular weight excluding hydrogens is 385 g/mol. The molecule has 0 unspecified atom stereocenters. The quantitative estimate of drug-likeness (QED) is 0.700. The van der Waals surface area contributed by atoms with E-state index in [4.69, 9.17) is 16.3 Å². The molecule has 6 nitrogen and oxygen atoms in total. The van der Waals surface area contributed by atoms with Crippen LogP contribution in [0.4, 0.5) is 19.0 Å². The van der Waals surface area contributed by atoms with Crippen molar-refractivity contribution in [1.82, 2.24) is 15.0 Å². The fraction of sp³-hybridized carbons (Fsp3) is 0.0588. The summed E-state index contributed by atoms with van der Waals surface area (Å²) in [5.74, 6) is -0.377. The topological polar surface area (TPSA) is 77.0 Å². The van der Waals surface area contributed by atoms with Gasteiger partial charge in [-0.25, -0.2) is 15.0 Å². The Kier molecular flexibility index (Phi) is 5.22. The monoisotopic (exact) mass is 394 g/mol. The minimum atomic E-state index is -4.62. The molecule has 138 valence electrons. The highest BCUT2D eigenvalue weighted by Crippen LogP contribution is 2.29. The van der Waals surface area contributed by atoms with Gasteiger partial charge in [0.2, 0.25) is 0 Å². The minimum absolute atomic E-state index is 0.0774. The van der Waals surface area contributed by atoms with Gasteiger partial charge in [0.1, 0.15) is 23.6 Å². The van der Waals surface area contributed by atoms with Crippen molar-refractivity contribution in [2.45, 2.75) is 6.18 Å². The predicted molar refractivity (Wildman–Crippen MR) is 90.8 cm³/mol. The number of amides is 1. The van der Waals surface area contributed by atoms with E-state index in [-0.39, 0.29) is 22.2 Å². The van der Waals surface area contributed by atoms with E-state index < -0.39 is 17.8 Å². The fourth-order valence-corrected chi connectivity index (χ4v) is 2.30. The lowest BCUT2D eigenvalue weighted by molar-refractivity contribution is -0.141. The number of benzene rings is 1. The Morgan fingerprint density at radius 3 is 2.52 bits per heavy atom. The molecule has 0 bridgehead atoms. The molecule has 10 heteroatoms. The van der Waals surface area contributed by atoms with Gasteiger partial charge in [-0.15, -0.1) is 0 Å². The van der Waals surface area contributed by atoms with E-state index in [0.717, 1.165) is 12.1 Å². The van der Waals surface area contributed by atoms with Crippen LogP contribution in [0.5, 0.6) is 11.5 Å². The van der Waals surface area contributed by atoms with Crippen LogP contribution in [0, 0.1) is 0 Å². The third kappa shape index (κ3) is 4.91. The second kappa shape index (κ2) is 7.58. The highest BCUT2D eigenvalue weighted by molar-refractivity contribution is 6.31. The lowest BCUT2D eigenvalue weighted by Gasteiger charge is -2.10. The van der Waals surface area contributed by atoms with Crippen LogP contribution in [0.1, 0.15) is 16.1 Å². The second-order valence-electron chi connectivity index (χ2n) is 5.21. The highest BCUT2D eigenvalue weighted by atomic mass is 35.5. The standard InChI is InChI=1S/C17H10ClF3N4O2/c18-11-4-10(5-12(6-11)27-13-7-22-9-23-8-13)16(26)25-15-3-1-2-14(24-15)17(19,20)21/h1-9H,(H,24,25,26). The van der Waals surface area contributed by atoms with Gasteiger partial charge < -0.3 is 10.1 Å². The van der Waals surface area contributed by atoms with Crippen molar-refractivity contribution in [3.63, 3.8) is 0 Å². The molecule has 3 rings (SSSR count). The van der Waals surface area contributed by atoms with Crippen LogP contribution >= 0.6 is 11.6 Å². The van der Waals surface area contributed by atoms with Gasteiger partial charge in [0.25, 0.3) is 5.91 Å². The molecule has 0 radical (unpaired) electrons. The maximum absolute atomic E-state index is 12.7. The van der Waals surface area contributed by atoms with Crippen molar-refractivity contribution in [3.8, 4) is 11.5 Å². The number of halogens is 4. The summed E-state index contributed by atoms with van der Waals surface area (Å²) in [5.41, 5.74) is -1.03. The number of ether oxygens (including phenoxy) is 1. The zero-order chi connectivity index (χ0) is 19.4. The summed E-state index contributed by atoms with van der Waals surface area (Å²) in [7, 11) is 0.